The number of nitrogens with zero attached hydrogens (tertiary/aromatic N) is 1. The molecule has 16 heavy (non-hydrogen) atoms. The number of nitrogens with two attached hydrogens (primary N) is 1. The molecule has 0 saturated carbocycles. The molecule has 0 aromatic heterocycles. The van der Waals surface area contributed by atoms with Crippen LogP contribution in [0.3, 0.4) is 0 Å². The topological polar surface area (TPSA) is 58.4 Å². The molecule has 4 nitrogen and oxygen atoms in total. The number of anilines is 1. The van der Waals surface area contributed by atoms with E-state index in [1.165, 1.54) is 0 Å². The van der Waals surface area contributed by atoms with E-state index in [4.69, 9.17) is 17.3 Å². The average Bonchev–Trinajstić information content (AvgIpc) is 2.60. The molecule has 1 atom stereocenters. The zero-order valence-corrected chi connectivity index (χ0v) is 9.79. The molecule has 1 aromatic carbocycles. The van der Waals surface area contributed by atoms with Gasteiger partial charge in [-0.2, -0.15) is 0 Å². The third-order valence-electron chi connectivity index (χ3n) is 2.71. The van der Waals surface area contributed by atoms with E-state index < -0.39 is 0 Å². The van der Waals surface area contributed by atoms with Gasteiger partial charge in [-0.25, -0.2) is 4.79 Å². The number of rotatable bonds is 2. The maximum atomic E-state index is 11.7. The average molecular weight is 240 g/mol. The molecule has 0 aliphatic carbocycles. The lowest BCUT2D eigenvalue weighted by Crippen LogP contribution is -2.33. The number of benzene rings is 1. The minimum atomic E-state index is -0.0964. The summed E-state index contributed by atoms with van der Waals surface area (Å²) in [5, 5.41) is 3.50. The minimum Gasteiger partial charge on any atom is -0.332 e. The lowest BCUT2D eigenvalue weighted by atomic mass is 10.2. The lowest BCUT2D eigenvalue weighted by Gasteiger charge is -2.17. The summed E-state index contributed by atoms with van der Waals surface area (Å²) in [6.45, 7) is 3.00. The standard InChI is InChI=1S/C11H14ClN3O/c1-7-4-8(12)2-3-10(7)15-6-9(5-13)14-11(15)16/h2-4,9H,5-6,13H2,1H3,(H,14,16). The van der Waals surface area contributed by atoms with Gasteiger partial charge in [-0.05, 0) is 30.7 Å². The molecule has 0 bridgehead atoms. The molecule has 2 amide bonds. The van der Waals surface area contributed by atoms with Crippen LogP contribution in [0.2, 0.25) is 5.02 Å². The fourth-order valence-electron chi connectivity index (χ4n) is 1.86. The summed E-state index contributed by atoms with van der Waals surface area (Å²) in [4.78, 5) is 13.4. The van der Waals surface area contributed by atoms with Crippen molar-refractivity contribution in [1.29, 1.82) is 0 Å². The number of nitrogens with one attached hydrogen (secondary N) is 1. The molecule has 1 aliphatic heterocycles. The number of hydrogen-bond acceptors (Lipinski definition) is 2. The normalized spacial score (nSPS) is 20.1. The fourth-order valence-corrected chi connectivity index (χ4v) is 2.09. The van der Waals surface area contributed by atoms with Gasteiger partial charge in [0.1, 0.15) is 0 Å². The van der Waals surface area contributed by atoms with E-state index in [-0.39, 0.29) is 12.1 Å². The van der Waals surface area contributed by atoms with Gasteiger partial charge in [0.2, 0.25) is 0 Å². The largest absolute Gasteiger partial charge is 0.332 e. The lowest BCUT2D eigenvalue weighted by molar-refractivity contribution is 0.251. The van der Waals surface area contributed by atoms with E-state index >= 15 is 0 Å². The van der Waals surface area contributed by atoms with Gasteiger partial charge in [-0.1, -0.05) is 11.6 Å². The molecule has 5 heteroatoms. The third kappa shape index (κ3) is 1.99. The number of halogens is 1. The predicted molar refractivity (Wildman–Crippen MR) is 64.9 cm³/mol. The number of hydrogen-bond donors (Lipinski definition) is 2. The van der Waals surface area contributed by atoms with Crippen LogP contribution in [0.1, 0.15) is 5.56 Å². The molecule has 1 heterocycles. The van der Waals surface area contributed by atoms with Crippen LogP contribution in [-0.4, -0.2) is 25.2 Å². The van der Waals surface area contributed by atoms with Crippen molar-refractivity contribution < 1.29 is 4.79 Å². The number of carbonyl (C=O) groups excluding carboxylic acids is 1. The van der Waals surface area contributed by atoms with E-state index in [2.05, 4.69) is 5.32 Å². The van der Waals surface area contributed by atoms with Gasteiger partial charge < -0.3 is 11.1 Å². The highest BCUT2D eigenvalue weighted by Gasteiger charge is 2.29. The second kappa shape index (κ2) is 4.31. The first-order valence-corrected chi connectivity index (χ1v) is 5.54. The van der Waals surface area contributed by atoms with Crippen LogP contribution >= 0.6 is 11.6 Å². The van der Waals surface area contributed by atoms with Gasteiger partial charge in [-0.3, -0.25) is 4.90 Å². The maximum absolute atomic E-state index is 11.7. The molecule has 1 saturated heterocycles. The number of amides is 2. The second-order valence-electron chi connectivity index (χ2n) is 3.92. The van der Waals surface area contributed by atoms with Gasteiger partial charge >= 0.3 is 6.03 Å². The van der Waals surface area contributed by atoms with E-state index in [1.807, 2.05) is 19.1 Å². The van der Waals surface area contributed by atoms with Crippen LogP contribution < -0.4 is 16.0 Å². The van der Waals surface area contributed by atoms with Gasteiger partial charge in [0, 0.05) is 23.8 Å². The third-order valence-corrected chi connectivity index (χ3v) is 2.94. The van der Waals surface area contributed by atoms with Crippen molar-refractivity contribution in [3.8, 4) is 0 Å². The smallest absolute Gasteiger partial charge is 0.322 e. The zero-order chi connectivity index (χ0) is 11.7. The maximum Gasteiger partial charge on any atom is 0.322 e. The van der Waals surface area contributed by atoms with Gasteiger partial charge in [0.25, 0.3) is 0 Å². The van der Waals surface area contributed by atoms with E-state index in [1.54, 1.807) is 11.0 Å². The molecule has 1 aliphatic rings. The highest BCUT2D eigenvalue weighted by molar-refractivity contribution is 6.30. The Bertz CT molecular complexity index is 422. The molecular formula is C11H14ClN3O. The van der Waals surface area contributed by atoms with Crippen LogP contribution in [0, 0.1) is 6.92 Å². The van der Waals surface area contributed by atoms with Crippen molar-refractivity contribution in [2.24, 2.45) is 5.73 Å². The molecule has 1 aromatic rings. The molecule has 2 rings (SSSR count). The highest BCUT2D eigenvalue weighted by atomic mass is 35.5. The molecule has 1 unspecified atom stereocenters. The molecule has 86 valence electrons. The molecule has 3 N–H and O–H groups in total. The SMILES string of the molecule is Cc1cc(Cl)ccc1N1CC(CN)NC1=O. The zero-order valence-electron chi connectivity index (χ0n) is 9.03. The first-order valence-electron chi connectivity index (χ1n) is 5.16. The highest BCUT2D eigenvalue weighted by Crippen LogP contribution is 2.25. The summed E-state index contributed by atoms with van der Waals surface area (Å²) in [7, 11) is 0. The van der Waals surface area contributed by atoms with Crippen molar-refractivity contribution in [3.05, 3.63) is 28.8 Å². The monoisotopic (exact) mass is 239 g/mol. The number of urea groups is 1. The van der Waals surface area contributed by atoms with Crippen molar-refractivity contribution in [1.82, 2.24) is 5.32 Å². The Morgan fingerprint density at radius 1 is 1.62 bits per heavy atom. The summed E-state index contributed by atoms with van der Waals surface area (Å²) < 4.78 is 0. The summed E-state index contributed by atoms with van der Waals surface area (Å²) in [6.07, 6.45) is 0. The van der Waals surface area contributed by atoms with Crippen molar-refractivity contribution in [2.75, 3.05) is 18.0 Å². The number of aryl methyl sites for hydroxylation is 1. The van der Waals surface area contributed by atoms with Gasteiger partial charge in [-0.15, -0.1) is 0 Å². The van der Waals surface area contributed by atoms with Gasteiger partial charge in [0.15, 0.2) is 0 Å². The van der Waals surface area contributed by atoms with Crippen molar-refractivity contribution in [2.45, 2.75) is 13.0 Å². The van der Waals surface area contributed by atoms with Crippen LogP contribution in [-0.2, 0) is 0 Å². The Hall–Kier alpha value is -1.26. The van der Waals surface area contributed by atoms with Crippen LogP contribution in [0.15, 0.2) is 18.2 Å². The second-order valence-corrected chi connectivity index (χ2v) is 4.36. The van der Waals surface area contributed by atoms with Crippen LogP contribution in [0.25, 0.3) is 0 Å². The molecule has 0 spiro atoms. The van der Waals surface area contributed by atoms with Crippen molar-refractivity contribution >= 4 is 23.3 Å². The fraction of sp³-hybridized carbons (Fsp3) is 0.364. The Balaban J connectivity index is 2.28. The van der Waals surface area contributed by atoms with Gasteiger partial charge in [0.05, 0.1) is 6.04 Å². The first-order chi connectivity index (χ1) is 7.61. The Morgan fingerprint density at radius 2 is 2.38 bits per heavy atom. The molecule has 1 fully saturated rings. The van der Waals surface area contributed by atoms with Crippen LogP contribution in [0.4, 0.5) is 10.5 Å². The first kappa shape index (κ1) is 11.2. The van der Waals surface area contributed by atoms with Crippen LogP contribution in [0.5, 0.6) is 0 Å². The summed E-state index contributed by atoms with van der Waals surface area (Å²) >= 11 is 5.88. The molecular weight excluding hydrogens is 226 g/mol. The Morgan fingerprint density at radius 3 is 2.94 bits per heavy atom. The predicted octanol–water partition coefficient (Wildman–Crippen LogP) is 1.51. The summed E-state index contributed by atoms with van der Waals surface area (Å²) in [5.41, 5.74) is 7.41. The summed E-state index contributed by atoms with van der Waals surface area (Å²) in [5.74, 6) is 0. The minimum absolute atomic E-state index is 0.0302. The van der Waals surface area contributed by atoms with E-state index in [0.717, 1.165) is 11.3 Å². The quantitative estimate of drug-likeness (QED) is 0.822. The number of carbonyl (C=O) groups is 1. The Labute approximate surface area is 99.4 Å². The van der Waals surface area contributed by atoms with Crippen molar-refractivity contribution in [3.63, 3.8) is 0 Å². The molecule has 0 radical (unpaired) electrons. The van der Waals surface area contributed by atoms with E-state index in [0.29, 0.717) is 18.1 Å². The van der Waals surface area contributed by atoms with E-state index in [9.17, 15) is 4.79 Å². The Kier molecular flexibility index (Phi) is 3.03. The summed E-state index contributed by atoms with van der Waals surface area (Å²) in [6, 6.07) is 5.42.